The molecule has 94 valence electrons. The van der Waals surface area contributed by atoms with Crippen molar-refractivity contribution in [2.24, 2.45) is 5.73 Å². The van der Waals surface area contributed by atoms with E-state index in [0.29, 0.717) is 0 Å². The molecule has 1 heterocycles. The monoisotopic (exact) mass is 254 g/mol. The molecule has 3 rings (SSSR count). The minimum atomic E-state index is -1.11. The van der Waals surface area contributed by atoms with E-state index in [1.54, 1.807) is 18.2 Å². The molecular formula is C14H10N2O3. The van der Waals surface area contributed by atoms with Crippen LogP contribution in [0.15, 0.2) is 42.5 Å². The Morgan fingerprint density at radius 2 is 1.74 bits per heavy atom. The minimum Gasteiger partial charge on any atom is -0.373 e. The SMILES string of the molecule is NC(=O)OC(=O)c1ccc2[nH]c3ccccc3c2c1. The van der Waals surface area contributed by atoms with Gasteiger partial charge in [-0.05, 0) is 24.3 Å². The van der Waals surface area contributed by atoms with Gasteiger partial charge in [-0.2, -0.15) is 0 Å². The Hall–Kier alpha value is -2.82. The number of benzene rings is 2. The second-order valence-corrected chi connectivity index (χ2v) is 4.14. The third-order valence-electron chi connectivity index (χ3n) is 2.94. The zero-order chi connectivity index (χ0) is 13.4. The van der Waals surface area contributed by atoms with Crippen molar-refractivity contribution >= 4 is 33.9 Å². The molecular weight excluding hydrogens is 244 g/mol. The predicted octanol–water partition coefficient (Wildman–Crippen LogP) is 2.56. The Kier molecular flexibility index (Phi) is 2.45. The van der Waals surface area contributed by atoms with Crippen LogP contribution in [0.25, 0.3) is 21.8 Å². The van der Waals surface area contributed by atoms with Crippen molar-refractivity contribution in [3.05, 3.63) is 48.0 Å². The summed E-state index contributed by atoms with van der Waals surface area (Å²) in [6.07, 6.45) is -1.11. The van der Waals surface area contributed by atoms with E-state index in [1.807, 2.05) is 24.3 Å². The summed E-state index contributed by atoms with van der Waals surface area (Å²) in [4.78, 5) is 25.4. The van der Waals surface area contributed by atoms with E-state index in [-0.39, 0.29) is 5.56 Å². The van der Waals surface area contributed by atoms with Crippen LogP contribution in [-0.4, -0.2) is 17.0 Å². The van der Waals surface area contributed by atoms with Gasteiger partial charge in [0.1, 0.15) is 0 Å². The number of esters is 1. The molecule has 19 heavy (non-hydrogen) atoms. The van der Waals surface area contributed by atoms with Crippen LogP contribution in [-0.2, 0) is 4.74 Å². The van der Waals surface area contributed by atoms with Crippen molar-refractivity contribution in [3.8, 4) is 0 Å². The second-order valence-electron chi connectivity index (χ2n) is 4.14. The standard InChI is InChI=1S/C14H10N2O3/c15-14(18)19-13(17)8-5-6-12-10(7-8)9-3-1-2-4-11(9)16-12/h1-7,16H,(H2,15,18). The van der Waals surface area contributed by atoms with Crippen LogP contribution in [0.5, 0.6) is 0 Å². The lowest BCUT2D eigenvalue weighted by Crippen LogP contribution is -2.18. The number of aromatic nitrogens is 1. The number of hydrogen-bond donors (Lipinski definition) is 2. The molecule has 0 radical (unpaired) electrons. The molecule has 0 spiro atoms. The third kappa shape index (κ3) is 1.91. The van der Waals surface area contributed by atoms with E-state index in [0.717, 1.165) is 21.8 Å². The third-order valence-corrected chi connectivity index (χ3v) is 2.94. The van der Waals surface area contributed by atoms with Crippen LogP contribution in [0.4, 0.5) is 4.79 Å². The van der Waals surface area contributed by atoms with E-state index in [4.69, 9.17) is 5.73 Å². The highest BCUT2D eigenvalue weighted by atomic mass is 16.6. The zero-order valence-electron chi connectivity index (χ0n) is 9.84. The predicted molar refractivity (Wildman–Crippen MR) is 70.8 cm³/mol. The lowest BCUT2D eigenvalue weighted by Gasteiger charge is -2.00. The topological polar surface area (TPSA) is 85.2 Å². The van der Waals surface area contributed by atoms with Crippen LogP contribution in [0.1, 0.15) is 10.4 Å². The Morgan fingerprint density at radius 1 is 1.00 bits per heavy atom. The van der Waals surface area contributed by atoms with Gasteiger partial charge in [-0.1, -0.05) is 18.2 Å². The lowest BCUT2D eigenvalue weighted by molar-refractivity contribution is 0.0638. The number of carbonyl (C=O) groups excluding carboxylic acids is 2. The van der Waals surface area contributed by atoms with Gasteiger partial charge in [-0.25, -0.2) is 9.59 Å². The molecule has 0 unspecified atom stereocenters. The molecule has 0 saturated heterocycles. The smallest absolute Gasteiger partial charge is 0.373 e. The number of nitrogens with two attached hydrogens (primary N) is 1. The number of ether oxygens (including phenoxy) is 1. The highest BCUT2D eigenvalue weighted by Crippen LogP contribution is 2.26. The van der Waals surface area contributed by atoms with E-state index in [1.165, 1.54) is 0 Å². The fourth-order valence-electron chi connectivity index (χ4n) is 2.13. The summed E-state index contributed by atoms with van der Waals surface area (Å²) < 4.78 is 4.36. The average Bonchev–Trinajstić information content (AvgIpc) is 2.75. The maximum Gasteiger partial charge on any atom is 0.412 e. The van der Waals surface area contributed by atoms with E-state index in [2.05, 4.69) is 9.72 Å². The van der Waals surface area contributed by atoms with Crippen LogP contribution in [0.3, 0.4) is 0 Å². The van der Waals surface area contributed by atoms with E-state index in [9.17, 15) is 9.59 Å². The number of nitrogens with one attached hydrogen (secondary N) is 1. The van der Waals surface area contributed by atoms with Crippen molar-refractivity contribution in [2.45, 2.75) is 0 Å². The van der Waals surface area contributed by atoms with Gasteiger partial charge < -0.3 is 15.5 Å². The molecule has 0 fully saturated rings. The highest BCUT2D eigenvalue weighted by molar-refractivity contribution is 6.09. The fourth-order valence-corrected chi connectivity index (χ4v) is 2.13. The molecule has 5 nitrogen and oxygen atoms in total. The van der Waals surface area contributed by atoms with Crippen molar-refractivity contribution in [2.75, 3.05) is 0 Å². The summed E-state index contributed by atoms with van der Waals surface area (Å²) in [5.41, 5.74) is 7.01. The molecule has 0 atom stereocenters. The molecule has 1 aromatic heterocycles. The normalized spacial score (nSPS) is 10.7. The van der Waals surface area contributed by atoms with Gasteiger partial charge in [-0.3, -0.25) is 0 Å². The first-order chi connectivity index (χ1) is 9.15. The first-order valence-electron chi connectivity index (χ1n) is 5.67. The second kappa shape index (κ2) is 4.13. The Balaban J connectivity index is 2.16. The molecule has 3 aromatic rings. The molecule has 0 bridgehead atoms. The molecule has 1 amide bonds. The number of para-hydroxylation sites is 1. The first kappa shape index (κ1) is 11.3. The van der Waals surface area contributed by atoms with Crippen LogP contribution in [0, 0.1) is 0 Å². The molecule has 3 N–H and O–H groups in total. The number of hydrogen-bond acceptors (Lipinski definition) is 3. The molecule has 0 aliphatic heterocycles. The number of H-pyrrole nitrogens is 1. The molecule has 5 heteroatoms. The van der Waals surface area contributed by atoms with Crippen molar-refractivity contribution in [3.63, 3.8) is 0 Å². The van der Waals surface area contributed by atoms with Gasteiger partial charge in [-0.15, -0.1) is 0 Å². The fraction of sp³-hybridized carbons (Fsp3) is 0. The number of primary amides is 1. The Morgan fingerprint density at radius 3 is 2.53 bits per heavy atom. The number of rotatable bonds is 1. The average molecular weight is 254 g/mol. The van der Waals surface area contributed by atoms with Crippen LogP contribution >= 0.6 is 0 Å². The van der Waals surface area contributed by atoms with Gasteiger partial charge in [0.05, 0.1) is 5.56 Å². The highest BCUT2D eigenvalue weighted by Gasteiger charge is 2.12. The quantitative estimate of drug-likeness (QED) is 0.517. The largest absolute Gasteiger partial charge is 0.412 e. The van der Waals surface area contributed by atoms with Gasteiger partial charge in [0.25, 0.3) is 0 Å². The van der Waals surface area contributed by atoms with E-state index >= 15 is 0 Å². The number of fused-ring (bicyclic) bond motifs is 3. The van der Waals surface area contributed by atoms with Gasteiger partial charge >= 0.3 is 12.1 Å². The summed E-state index contributed by atoms with van der Waals surface area (Å²) in [5, 5.41) is 1.90. The summed E-state index contributed by atoms with van der Waals surface area (Å²) in [7, 11) is 0. The van der Waals surface area contributed by atoms with Crippen LogP contribution in [0.2, 0.25) is 0 Å². The molecule has 0 saturated carbocycles. The summed E-state index contributed by atoms with van der Waals surface area (Å²) in [6, 6.07) is 12.8. The number of carbonyl (C=O) groups is 2. The van der Waals surface area contributed by atoms with E-state index < -0.39 is 12.1 Å². The van der Waals surface area contributed by atoms with Crippen molar-refractivity contribution in [1.82, 2.24) is 4.98 Å². The Bertz CT molecular complexity index is 805. The molecule has 0 aliphatic rings. The minimum absolute atomic E-state index is 0.288. The summed E-state index contributed by atoms with van der Waals surface area (Å²) in [5.74, 6) is -0.750. The van der Waals surface area contributed by atoms with Crippen molar-refractivity contribution < 1.29 is 14.3 Å². The summed E-state index contributed by atoms with van der Waals surface area (Å²) in [6.45, 7) is 0. The number of amides is 1. The van der Waals surface area contributed by atoms with Gasteiger partial charge in [0.2, 0.25) is 0 Å². The Labute approximate surface area is 108 Å². The van der Waals surface area contributed by atoms with Gasteiger partial charge in [0.15, 0.2) is 0 Å². The van der Waals surface area contributed by atoms with Gasteiger partial charge in [0, 0.05) is 21.8 Å². The van der Waals surface area contributed by atoms with Crippen molar-refractivity contribution in [1.29, 1.82) is 0 Å². The zero-order valence-corrected chi connectivity index (χ0v) is 9.84. The maximum atomic E-state index is 11.6. The molecule has 2 aromatic carbocycles. The first-order valence-corrected chi connectivity index (χ1v) is 5.67. The number of aromatic amines is 1. The lowest BCUT2D eigenvalue weighted by atomic mass is 10.1. The maximum absolute atomic E-state index is 11.6. The molecule has 0 aliphatic carbocycles. The van der Waals surface area contributed by atoms with Crippen LogP contribution < -0.4 is 5.73 Å². The summed E-state index contributed by atoms with van der Waals surface area (Å²) >= 11 is 0.